The summed E-state index contributed by atoms with van der Waals surface area (Å²) < 4.78 is 63.4. The number of hydrogen-bond donors (Lipinski definition) is 1. The molecule has 1 aromatic rings. The maximum atomic E-state index is 13.5. The third-order valence-electron chi connectivity index (χ3n) is 2.46. The third kappa shape index (κ3) is 3.39. The predicted octanol–water partition coefficient (Wildman–Crippen LogP) is 3.49. The summed E-state index contributed by atoms with van der Waals surface area (Å²) in [6.07, 6.45) is -5.69. The van der Waals surface area contributed by atoms with E-state index in [2.05, 4.69) is 5.32 Å². The highest BCUT2D eigenvalue weighted by atomic mass is 19.4. The molecule has 1 atom stereocenters. The molecule has 0 saturated heterocycles. The van der Waals surface area contributed by atoms with Crippen LogP contribution < -0.4 is 5.32 Å². The minimum Gasteiger partial charge on any atom is -0.313 e. The number of alkyl halides is 3. The number of aryl methyl sites for hydroxylation is 1. The zero-order valence-corrected chi connectivity index (χ0v) is 9.33. The van der Waals surface area contributed by atoms with Crippen molar-refractivity contribution < 1.29 is 22.0 Å². The van der Waals surface area contributed by atoms with Crippen LogP contribution in [-0.4, -0.2) is 13.2 Å². The summed E-state index contributed by atoms with van der Waals surface area (Å²) in [6.45, 7) is 1.35. The molecular formula is C11H12F5N. The summed E-state index contributed by atoms with van der Waals surface area (Å²) in [7, 11) is 1.27. The van der Waals surface area contributed by atoms with Crippen molar-refractivity contribution in [1.82, 2.24) is 5.32 Å². The molecule has 0 aliphatic rings. The molecule has 0 bridgehead atoms. The Labute approximate surface area is 95.6 Å². The summed E-state index contributed by atoms with van der Waals surface area (Å²) in [6, 6.07) is 1.14. The van der Waals surface area contributed by atoms with E-state index in [0.29, 0.717) is 0 Å². The fraction of sp³-hybridized carbons (Fsp3) is 0.455. The SMILES string of the molecule is CNC(CC(F)(F)F)c1ccc(C)c(F)c1F. The maximum absolute atomic E-state index is 13.5. The molecule has 1 rings (SSSR count). The lowest BCUT2D eigenvalue weighted by atomic mass is 10.0. The van der Waals surface area contributed by atoms with Gasteiger partial charge >= 0.3 is 6.18 Å². The topological polar surface area (TPSA) is 12.0 Å². The van der Waals surface area contributed by atoms with E-state index in [4.69, 9.17) is 0 Å². The van der Waals surface area contributed by atoms with E-state index in [1.54, 1.807) is 0 Å². The molecule has 0 aromatic heterocycles. The Balaban J connectivity index is 3.09. The van der Waals surface area contributed by atoms with Crippen LogP contribution in [-0.2, 0) is 0 Å². The van der Waals surface area contributed by atoms with E-state index in [9.17, 15) is 22.0 Å². The van der Waals surface area contributed by atoms with E-state index in [1.807, 2.05) is 0 Å². The zero-order chi connectivity index (χ0) is 13.2. The molecule has 0 fully saturated rings. The number of hydrogen-bond acceptors (Lipinski definition) is 1. The predicted molar refractivity (Wildman–Crippen MR) is 53.6 cm³/mol. The van der Waals surface area contributed by atoms with E-state index in [-0.39, 0.29) is 11.1 Å². The smallest absolute Gasteiger partial charge is 0.313 e. The molecule has 6 heteroatoms. The molecular weight excluding hydrogens is 241 g/mol. The van der Waals surface area contributed by atoms with Crippen molar-refractivity contribution in [3.05, 3.63) is 34.9 Å². The van der Waals surface area contributed by atoms with Gasteiger partial charge in [0, 0.05) is 11.6 Å². The van der Waals surface area contributed by atoms with Gasteiger partial charge in [0.1, 0.15) is 0 Å². The van der Waals surface area contributed by atoms with Crippen LogP contribution in [0.25, 0.3) is 0 Å². The number of nitrogens with one attached hydrogen (secondary N) is 1. The highest BCUT2D eigenvalue weighted by Gasteiger charge is 2.33. The Morgan fingerprint density at radius 3 is 2.24 bits per heavy atom. The fourth-order valence-electron chi connectivity index (χ4n) is 1.53. The quantitative estimate of drug-likeness (QED) is 0.813. The molecule has 1 nitrogen and oxygen atoms in total. The highest BCUT2D eigenvalue weighted by molar-refractivity contribution is 5.28. The van der Waals surface area contributed by atoms with Crippen LogP contribution in [0.15, 0.2) is 12.1 Å². The summed E-state index contributed by atoms with van der Waals surface area (Å²) in [5.74, 6) is -2.33. The minimum atomic E-state index is -4.44. The molecule has 0 aliphatic heterocycles. The summed E-state index contributed by atoms with van der Waals surface area (Å²) in [4.78, 5) is 0. The standard InChI is InChI=1S/C11H12F5N/c1-6-3-4-7(10(13)9(6)12)8(17-2)5-11(14,15)16/h3-4,8,17H,5H2,1-2H3. The first-order valence-electron chi connectivity index (χ1n) is 4.94. The average molecular weight is 253 g/mol. The van der Waals surface area contributed by atoms with Crippen LogP contribution in [0.5, 0.6) is 0 Å². The van der Waals surface area contributed by atoms with Gasteiger partial charge in [-0.25, -0.2) is 8.78 Å². The van der Waals surface area contributed by atoms with Gasteiger partial charge in [-0.05, 0) is 19.5 Å². The van der Waals surface area contributed by atoms with E-state index in [1.165, 1.54) is 26.1 Å². The van der Waals surface area contributed by atoms with Crippen molar-refractivity contribution in [1.29, 1.82) is 0 Å². The van der Waals surface area contributed by atoms with Gasteiger partial charge in [-0.15, -0.1) is 0 Å². The number of halogens is 5. The van der Waals surface area contributed by atoms with Gasteiger partial charge in [-0.1, -0.05) is 12.1 Å². The second-order valence-electron chi connectivity index (χ2n) is 3.76. The fourth-order valence-corrected chi connectivity index (χ4v) is 1.53. The molecule has 1 aromatic carbocycles. The molecule has 1 unspecified atom stereocenters. The van der Waals surface area contributed by atoms with Gasteiger partial charge in [-0.2, -0.15) is 13.2 Å². The first kappa shape index (κ1) is 13.9. The van der Waals surface area contributed by atoms with Gasteiger partial charge in [0.05, 0.1) is 6.42 Å². The van der Waals surface area contributed by atoms with Crippen molar-refractivity contribution in [2.24, 2.45) is 0 Å². The largest absolute Gasteiger partial charge is 0.390 e. The van der Waals surface area contributed by atoms with Crippen molar-refractivity contribution in [2.75, 3.05) is 7.05 Å². The van der Waals surface area contributed by atoms with Crippen molar-refractivity contribution in [3.63, 3.8) is 0 Å². The molecule has 0 amide bonds. The van der Waals surface area contributed by atoms with E-state index < -0.39 is 30.3 Å². The van der Waals surface area contributed by atoms with Crippen molar-refractivity contribution in [2.45, 2.75) is 25.6 Å². The molecule has 0 aliphatic carbocycles. The Bertz CT molecular complexity index is 400. The zero-order valence-electron chi connectivity index (χ0n) is 9.33. The molecule has 1 N–H and O–H groups in total. The second kappa shape index (κ2) is 5.00. The molecule has 0 heterocycles. The maximum Gasteiger partial charge on any atom is 0.390 e. The summed E-state index contributed by atoms with van der Waals surface area (Å²) in [5, 5.41) is 2.34. The highest BCUT2D eigenvalue weighted by Crippen LogP contribution is 2.31. The molecule has 0 radical (unpaired) electrons. The van der Waals surface area contributed by atoms with E-state index >= 15 is 0 Å². The van der Waals surface area contributed by atoms with Crippen LogP contribution in [0.2, 0.25) is 0 Å². The minimum absolute atomic E-state index is 0.0631. The van der Waals surface area contributed by atoms with Crippen LogP contribution in [0.3, 0.4) is 0 Å². The van der Waals surface area contributed by atoms with Gasteiger partial charge in [0.25, 0.3) is 0 Å². The molecule has 17 heavy (non-hydrogen) atoms. The Morgan fingerprint density at radius 1 is 1.18 bits per heavy atom. The first-order chi connectivity index (χ1) is 7.76. The summed E-state index contributed by atoms with van der Waals surface area (Å²) in [5.41, 5.74) is -0.249. The van der Waals surface area contributed by atoms with Gasteiger partial charge < -0.3 is 5.32 Å². The Morgan fingerprint density at radius 2 is 1.76 bits per heavy atom. The lowest BCUT2D eigenvalue weighted by Gasteiger charge is -2.19. The van der Waals surface area contributed by atoms with Crippen molar-refractivity contribution >= 4 is 0 Å². The normalized spacial score (nSPS) is 13.8. The van der Waals surface area contributed by atoms with Crippen LogP contribution >= 0.6 is 0 Å². The Hall–Kier alpha value is -1.17. The Kier molecular flexibility index (Phi) is 4.08. The van der Waals surface area contributed by atoms with Crippen LogP contribution in [0, 0.1) is 18.6 Å². The summed E-state index contributed by atoms with van der Waals surface area (Å²) >= 11 is 0. The van der Waals surface area contributed by atoms with Crippen LogP contribution in [0.1, 0.15) is 23.6 Å². The lowest BCUT2D eigenvalue weighted by molar-refractivity contribution is -0.140. The van der Waals surface area contributed by atoms with Gasteiger partial charge in [-0.3, -0.25) is 0 Å². The van der Waals surface area contributed by atoms with Crippen molar-refractivity contribution in [3.8, 4) is 0 Å². The number of rotatable bonds is 3. The first-order valence-corrected chi connectivity index (χ1v) is 4.94. The number of benzene rings is 1. The molecule has 96 valence electrons. The van der Waals surface area contributed by atoms with Crippen LogP contribution in [0.4, 0.5) is 22.0 Å². The molecule has 0 spiro atoms. The van der Waals surface area contributed by atoms with E-state index in [0.717, 1.165) is 0 Å². The second-order valence-corrected chi connectivity index (χ2v) is 3.76. The van der Waals surface area contributed by atoms with Gasteiger partial charge in [0.15, 0.2) is 11.6 Å². The van der Waals surface area contributed by atoms with Gasteiger partial charge in [0.2, 0.25) is 0 Å². The lowest BCUT2D eigenvalue weighted by Crippen LogP contribution is -2.25. The third-order valence-corrected chi connectivity index (χ3v) is 2.46. The average Bonchev–Trinajstić information content (AvgIpc) is 2.22. The monoisotopic (exact) mass is 253 g/mol. The molecule has 0 saturated carbocycles.